The Morgan fingerprint density at radius 3 is 2.77 bits per heavy atom. The van der Waals surface area contributed by atoms with Gasteiger partial charge in [-0.3, -0.25) is 4.79 Å². The standard InChI is InChI=1S/C14H17F2NO4S/c1-9-2-3-11(6-12(9)21-7-13(15)16)17-14(18)10-4-5-22(19,20)8-10/h2-3,6,10,13H,4-5,7-8H2,1H3,(H,17,18)/t10-/m1/s1. The van der Waals surface area contributed by atoms with Crippen molar-refractivity contribution in [3.8, 4) is 5.75 Å². The van der Waals surface area contributed by atoms with Gasteiger partial charge >= 0.3 is 0 Å². The van der Waals surface area contributed by atoms with Crippen molar-refractivity contribution in [2.75, 3.05) is 23.4 Å². The first-order valence-corrected chi connectivity index (χ1v) is 8.62. The fourth-order valence-electron chi connectivity index (χ4n) is 2.23. The quantitative estimate of drug-likeness (QED) is 0.895. The fraction of sp³-hybridized carbons (Fsp3) is 0.500. The maximum absolute atomic E-state index is 12.2. The molecule has 122 valence electrons. The van der Waals surface area contributed by atoms with Crippen LogP contribution in [0.2, 0.25) is 0 Å². The molecule has 1 aliphatic rings. The lowest BCUT2D eigenvalue weighted by molar-refractivity contribution is -0.119. The number of halogens is 2. The van der Waals surface area contributed by atoms with Gasteiger partial charge in [0.2, 0.25) is 5.91 Å². The summed E-state index contributed by atoms with van der Waals surface area (Å²) in [6, 6.07) is 4.72. The number of carbonyl (C=O) groups excluding carboxylic acids is 1. The molecule has 0 saturated carbocycles. The van der Waals surface area contributed by atoms with E-state index in [1.165, 1.54) is 6.07 Å². The second kappa shape index (κ2) is 6.60. The van der Waals surface area contributed by atoms with Gasteiger partial charge in [0, 0.05) is 11.8 Å². The molecule has 1 saturated heterocycles. The molecule has 1 aliphatic heterocycles. The summed E-state index contributed by atoms with van der Waals surface area (Å²) in [5.41, 5.74) is 1.06. The number of hydrogen-bond donors (Lipinski definition) is 1. The number of benzene rings is 1. The third kappa shape index (κ3) is 4.40. The Morgan fingerprint density at radius 1 is 1.45 bits per heavy atom. The molecular formula is C14H17F2NO4S. The molecule has 1 aromatic rings. The number of carbonyl (C=O) groups is 1. The fourth-order valence-corrected chi connectivity index (χ4v) is 3.97. The molecule has 0 aliphatic carbocycles. The molecule has 0 bridgehead atoms. The first-order valence-electron chi connectivity index (χ1n) is 6.80. The summed E-state index contributed by atoms with van der Waals surface area (Å²) in [4.78, 5) is 12.0. The van der Waals surface area contributed by atoms with Crippen molar-refractivity contribution < 1.29 is 26.7 Å². The van der Waals surface area contributed by atoms with Gasteiger partial charge in [0.25, 0.3) is 6.43 Å². The van der Waals surface area contributed by atoms with Crippen LogP contribution >= 0.6 is 0 Å². The minimum absolute atomic E-state index is 0.0156. The molecule has 1 aromatic carbocycles. The van der Waals surface area contributed by atoms with E-state index >= 15 is 0 Å². The molecule has 0 unspecified atom stereocenters. The van der Waals surface area contributed by atoms with Crippen LogP contribution in [-0.4, -0.2) is 38.9 Å². The molecule has 8 heteroatoms. The van der Waals surface area contributed by atoms with Crippen molar-refractivity contribution in [1.29, 1.82) is 0 Å². The zero-order valence-corrected chi connectivity index (χ0v) is 12.8. The van der Waals surface area contributed by atoms with Crippen LogP contribution in [0.25, 0.3) is 0 Å². The van der Waals surface area contributed by atoms with Crippen LogP contribution in [0.1, 0.15) is 12.0 Å². The third-order valence-corrected chi connectivity index (χ3v) is 5.19. The highest BCUT2D eigenvalue weighted by Gasteiger charge is 2.32. The number of aryl methyl sites for hydroxylation is 1. The topological polar surface area (TPSA) is 72.5 Å². The smallest absolute Gasteiger partial charge is 0.272 e. The van der Waals surface area contributed by atoms with Crippen molar-refractivity contribution >= 4 is 21.4 Å². The van der Waals surface area contributed by atoms with Gasteiger partial charge in [-0.1, -0.05) is 6.07 Å². The number of sulfone groups is 1. The number of rotatable bonds is 5. The molecule has 1 fully saturated rings. The number of ether oxygens (including phenoxy) is 1. The van der Waals surface area contributed by atoms with Crippen molar-refractivity contribution in [2.24, 2.45) is 5.92 Å². The van der Waals surface area contributed by atoms with Gasteiger partial charge in [0.15, 0.2) is 9.84 Å². The summed E-state index contributed by atoms with van der Waals surface area (Å²) in [6.45, 7) is 0.981. The van der Waals surface area contributed by atoms with Gasteiger partial charge < -0.3 is 10.1 Å². The Balaban J connectivity index is 2.03. The summed E-state index contributed by atoms with van der Waals surface area (Å²) in [6.07, 6.45) is -2.28. The molecule has 5 nitrogen and oxygen atoms in total. The lowest BCUT2D eigenvalue weighted by Gasteiger charge is -2.13. The Hall–Kier alpha value is -1.70. The minimum Gasteiger partial charge on any atom is -0.487 e. The second-order valence-corrected chi connectivity index (χ2v) is 7.50. The van der Waals surface area contributed by atoms with Crippen LogP contribution < -0.4 is 10.1 Å². The minimum atomic E-state index is -3.13. The van der Waals surface area contributed by atoms with Crippen molar-refractivity contribution in [3.05, 3.63) is 23.8 Å². The SMILES string of the molecule is Cc1ccc(NC(=O)[C@@H]2CCS(=O)(=O)C2)cc1OCC(F)F. The van der Waals surface area contributed by atoms with Crippen LogP contribution in [0, 0.1) is 12.8 Å². The first-order chi connectivity index (χ1) is 10.3. The molecule has 0 aromatic heterocycles. The molecule has 22 heavy (non-hydrogen) atoms. The van der Waals surface area contributed by atoms with E-state index in [0.717, 1.165) is 0 Å². The first kappa shape index (κ1) is 16.7. The van der Waals surface area contributed by atoms with Crippen LogP contribution in [0.5, 0.6) is 5.75 Å². The van der Waals surface area contributed by atoms with Crippen LogP contribution in [0.15, 0.2) is 18.2 Å². The number of amides is 1. The maximum atomic E-state index is 12.2. The Morgan fingerprint density at radius 2 is 2.18 bits per heavy atom. The zero-order valence-electron chi connectivity index (χ0n) is 12.0. The molecule has 1 atom stereocenters. The van der Waals surface area contributed by atoms with E-state index in [4.69, 9.17) is 4.74 Å². The largest absolute Gasteiger partial charge is 0.487 e. The number of alkyl halides is 2. The van der Waals surface area contributed by atoms with E-state index < -0.39 is 28.8 Å². The Bertz CT molecular complexity index is 661. The highest BCUT2D eigenvalue weighted by atomic mass is 32.2. The van der Waals surface area contributed by atoms with Gasteiger partial charge in [-0.15, -0.1) is 0 Å². The van der Waals surface area contributed by atoms with E-state index in [1.54, 1.807) is 19.1 Å². The van der Waals surface area contributed by atoms with Gasteiger partial charge in [0.05, 0.1) is 17.4 Å². The number of anilines is 1. The maximum Gasteiger partial charge on any atom is 0.272 e. The van der Waals surface area contributed by atoms with Crippen LogP contribution in [0.3, 0.4) is 0 Å². The monoisotopic (exact) mass is 333 g/mol. The zero-order chi connectivity index (χ0) is 16.3. The summed E-state index contributed by atoms with van der Waals surface area (Å²) >= 11 is 0. The molecule has 0 radical (unpaired) electrons. The van der Waals surface area contributed by atoms with E-state index in [9.17, 15) is 22.0 Å². The summed E-state index contributed by atoms with van der Waals surface area (Å²) in [5, 5.41) is 2.61. The lowest BCUT2D eigenvalue weighted by Crippen LogP contribution is -2.23. The van der Waals surface area contributed by atoms with Crippen LogP contribution in [0.4, 0.5) is 14.5 Å². The predicted octanol–water partition coefficient (Wildman–Crippen LogP) is 2.01. The number of hydrogen-bond acceptors (Lipinski definition) is 4. The Labute approximate surface area is 127 Å². The van der Waals surface area contributed by atoms with E-state index in [0.29, 0.717) is 17.7 Å². The van der Waals surface area contributed by atoms with Crippen molar-refractivity contribution in [3.63, 3.8) is 0 Å². The van der Waals surface area contributed by atoms with Crippen molar-refractivity contribution in [1.82, 2.24) is 0 Å². The van der Waals surface area contributed by atoms with Crippen molar-refractivity contribution in [2.45, 2.75) is 19.8 Å². The average molecular weight is 333 g/mol. The van der Waals surface area contributed by atoms with Gasteiger partial charge in [-0.2, -0.15) is 0 Å². The molecular weight excluding hydrogens is 316 g/mol. The van der Waals surface area contributed by atoms with Gasteiger partial charge in [-0.25, -0.2) is 17.2 Å². The van der Waals surface area contributed by atoms with Gasteiger partial charge in [0.1, 0.15) is 12.4 Å². The molecule has 1 heterocycles. The normalized spacial score (nSPS) is 20.1. The van der Waals surface area contributed by atoms with E-state index in [-0.39, 0.29) is 23.2 Å². The predicted molar refractivity (Wildman–Crippen MR) is 78.1 cm³/mol. The van der Waals surface area contributed by atoms with Gasteiger partial charge in [-0.05, 0) is 25.0 Å². The molecule has 0 spiro atoms. The van der Waals surface area contributed by atoms with E-state index in [2.05, 4.69) is 5.32 Å². The third-order valence-electron chi connectivity index (χ3n) is 3.42. The molecule has 1 amide bonds. The Kier molecular flexibility index (Phi) is 5.00. The summed E-state index contributed by atoms with van der Waals surface area (Å²) < 4.78 is 52.1. The number of nitrogens with one attached hydrogen (secondary N) is 1. The van der Waals surface area contributed by atoms with E-state index in [1.807, 2.05) is 0 Å². The van der Waals surface area contributed by atoms with Crippen LogP contribution in [-0.2, 0) is 14.6 Å². The molecule has 1 N–H and O–H groups in total. The lowest BCUT2D eigenvalue weighted by atomic mass is 10.1. The average Bonchev–Trinajstić information content (AvgIpc) is 2.79. The highest BCUT2D eigenvalue weighted by Crippen LogP contribution is 2.25. The second-order valence-electron chi connectivity index (χ2n) is 5.27. The summed E-state index contributed by atoms with van der Waals surface area (Å²) in [5.74, 6) is -0.833. The highest BCUT2D eigenvalue weighted by molar-refractivity contribution is 7.91. The molecule has 2 rings (SSSR count). The summed E-state index contributed by atoms with van der Waals surface area (Å²) in [7, 11) is -3.13.